The van der Waals surface area contributed by atoms with Crippen molar-refractivity contribution in [2.24, 2.45) is 0 Å². The third-order valence-electron chi connectivity index (χ3n) is 5.95. The van der Waals surface area contributed by atoms with Crippen molar-refractivity contribution in [3.63, 3.8) is 0 Å². The Labute approximate surface area is 210 Å². The Bertz CT molecular complexity index is 1250. The molecule has 4 rings (SSSR count). The van der Waals surface area contributed by atoms with Crippen LogP contribution < -0.4 is 5.32 Å². The van der Waals surface area contributed by atoms with Crippen LogP contribution >= 0.6 is 0 Å². The zero-order valence-corrected chi connectivity index (χ0v) is 19.9. The number of halogens is 1. The second-order valence-corrected chi connectivity index (χ2v) is 8.59. The highest BCUT2D eigenvalue weighted by molar-refractivity contribution is 5.88. The fourth-order valence-electron chi connectivity index (χ4n) is 4.02. The molecule has 0 aliphatic heterocycles. The second kappa shape index (κ2) is 12.4. The molecule has 0 bridgehead atoms. The average Bonchev–Trinajstić information content (AvgIpc) is 2.92. The van der Waals surface area contributed by atoms with Crippen LogP contribution in [0.15, 0.2) is 109 Å². The summed E-state index contributed by atoms with van der Waals surface area (Å²) in [5.74, 6) is -0.776. The van der Waals surface area contributed by atoms with Gasteiger partial charge >= 0.3 is 0 Å². The largest absolute Gasteiger partial charge is 0.350 e. The molecular weight excluding hydrogens is 453 g/mol. The SMILES string of the molecule is O=C(NCc1ccncc1)C(Cc1ccccc1)N(Cc1ccc(F)cc1)C(=O)Cc1ccccc1. The molecule has 36 heavy (non-hydrogen) atoms. The number of benzene rings is 3. The van der Waals surface area contributed by atoms with Crippen LogP contribution in [0.3, 0.4) is 0 Å². The van der Waals surface area contributed by atoms with Gasteiger partial charge in [0.05, 0.1) is 6.42 Å². The van der Waals surface area contributed by atoms with Crippen molar-refractivity contribution in [3.05, 3.63) is 138 Å². The lowest BCUT2D eigenvalue weighted by Crippen LogP contribution is -2.50. The summed E-state index contributed by atoms with van der Waals surface area (Å²) in [6, 6.07) is 28.0. The second-order valence-electron chi connectivity index (χ2n) is 8.59. The van der Waals surface area contributed by atoms with Gasteiger partial charge in [-0.3, -0.25) is 14.6 Å². The number of nitrogens with zero attached hydrogens (tertiary/aromatic N) is 2. The predicted octanol–water partition coefficient (Wildman–Crippen LogP) is 4.72. The first-order chi connectivity index (χ1) is 17.6. The molecule has 6 heteroatoms. The van der Waals surface area contributed by atoms with Crippen LogP contribution in [0.2, 0.25) is 0 Å². The zero-order chi connectivity index (χ0) is 25.2. The van der Waals surface area contributed by atoms with Crippen LogP contribution in [0, 0.1) is 5.82 Å². The highest BCUT2D eigenvalue weighted by atomic mass is 19.1. The first kappa shape index (κ1) is 24.8. The number of carbonyl (C=O) groups excluding carboxylic acids is 2. The van der Waals surface area contributed by atoms with Crippen LogP contribution in [0.4, 0.5) is 4.39 Å². The van der Waals surface area contributed by atoms with Gasteiger partial charge in [-0.1, -0.05) is 72.8 Å². The predicted molar refractivity (Wildman–Crippen MR) is 137 cm³/mol. The van der Waals surface area contributed by atoms with Gasteiger partial charge < -0.3 is 10.2 Å². The summed E-state index contributed by atoms with van der Waals surface area (Å²) in [5.41, 5.74) is 3.47. The number of amides is 2. The van der Waals surface area contributed by atoms with E-state index in [4.69, 9.17) is 0 Å². The summed E-state index contributed by atoms with van der Waals surface area (Å²) >= 11 is 0. The molecule has 1 unspecified atom stereocenters. The van der Waals surface area contributed by atoms with Crippen molar-refractivity contribution in [1.82, 2.24) is 15.2 Å². The van der Waals surface area contributed by atoms with Crippen LogP contribution in [-0.2, 0) is 35.5 Å². The van der Waals surface area contributed by atoms with Crippen LogP contribution in [-0.4, -0.2) is 27.7 Å². The van der Waals surface area contributed by atoms with Gasteiger partial charge in [0.15, 0.2) is 0 Å². The molecule has 0 saturated heterocycles. The van der Waals surface area contributed by atoms with E-state index in [0.717, 1.165) is 22.3 Å². The summed E-state index contributed by atoms with van der Waals surface area (Å²) < 4.78 is 13.6. The lowest BCUT2D eigenvalue weighted by Gasteiger charge is -2.31. The van der Waals surface area contributed by atoms with E-state index in [1.807, 2.05) is 72.8 Å². The molecule has 0 spiro atoms. The molecule has 182 valence electrons. The smallest absolute Gasteiger partial charge is 0.243 e. The van der Waals surface area contributed by atoms with Gasteiger partial charge in [-0.05, 0) is 46.5 Å². The van der Waals surface area contributed by atoms with Crippen LogP contribution in [0.25, 0.3) is 0 Å². The molecule has 4 aromatic rings. The van der Waals surface area contributed by atoms with Crippen molar-refractivity contribution in [3.8, 4) is 0 Å². The van der Waals surface area contributed by atoms with Crippen molar-refractivity contribution in [2.75, 3.05) is 0 Å². The van der Waals surface area contributed by atoms with Crippen molar-refractivity contribution < 1.29 is 14.0 Å². The Hall–Kier alpha value is -4.32. The van der Waals surface area contributed by atoms with E-state index in [0.29, 0.717) is 13.0 Å². The quantitative estimate of drug-likeness (QED) is 0.357. The molecule has 1 aromatic heterocycles. The lowest BCUT2D eigenvalue weighted by molar-refractivity contribution is -0.140. The summed E-state index contributed by atoms with van der Waals surface area (Å²) in [6.45, 7) is 0.510. The Balaban J connectivity index is 1.63. The number of hydrogen-bond donors (Lipinski definition) is 1. The van der Waals surface area contributed by atoms with E-state index < -0.39 is 6.04 Å². The third-order valence-corrected chi connectivity index (χ3v) is 5.95. The Morgan fingerprint density at radius 1 is 0.750 bits per heavy atom. The molecule has 0 saturated carbocycles. The standard InChI is InChI=1S/C30H28FN3O2/c31-27-13-11-26(12-14-27)22-34(29(35)20-24-9-5-2-6-10-24)28(19-23-7-3-1-4-8-23)30(36)33-21-25-15-17-32-18-16-25/h1-18,28H,19-22H2,(H,33,36). The molecule has 0 radical (unpaired) electrons. The monoisotopic (exact) mass is 481 g/mol. The zero-order valence-electron chi connectivity index (χ0n) is 19.9. The molecule has 0 fully saturated rings. The minimum atomic E-state index is -0.754. The van der Waals surface area contributed by atoms with Crippen molar-refractivity contribution in [1.29, 1.82) is 0 Å². The number of rotatable bonds is 10. The maximum atomic E-state index is 13.7. The van der Waals surface area contributed by atoms with Crippen LogP contribution in [0.1, 0.15) is 22.3 Å². The van der Waals surface area contributed by atoms with Gasteiger partial charge in [-0.15, -0.1) is 0 Å². The van der Waals surface area contributed by atoms with E-state index in [1.165, 1.54) is 12.1 Å². The number of aromatic nitrogens is 1. The number of carbonyl (C=O) groups is 2. The Kier molecular flexibility index (Phi) is 8.54. The van der Waals surface area contributed by atoms with E-state index in [-0.39, 0.29) is 30.6 Å². The molecule has 5 nitrogen and oxygen atoms in total. The maximum absolute atomic E-state index is 13.7. The summed E-state index contributed by atoms with van der Waals surface area (Å²) in [7, 11) is 0. The van der Waals surface area contributed by atoms with Crippen molar-refractivity contribution in [2.45, 2.75) is 32.0 Å². The van der Waals surface area contributed by atoms with E-state index in [1.54, 1.807) is 29.4 Å². The molecule has 3 aromatic carbocycles. The van der Waals surface area contributed by atoms with Gasteiger partial charge in [0.1, 0.15) is 11.9 Å². The molecule has 0 aliphatic rings. The summed E-state index contributed by atoms with van der Waals surface area (Å²) in [5, 5.41) is 2.99. The van der Waals surface area contributed by atoms with Gasteiger partial charge in [-0.2, -0.15) is 0 Å². The first-order valence-corrected chi connectivity index (χ1v) is 11.9. The van der Waals surface area contributed by atoms with Gasteiger partial charge in [0, 0.05) is 31.9 Å². The number of pyridine rings is 1. The normalized spacial score (nSPS) is 11.5. The number of nitrogens with one attached hydrogen (secondary N) is 1. The third kappa shape index (κ3) is 7.09. The van der Waals surface area contributed by atoms with E-state index >= 15 is 0 Å². The summed E-state index contributed by atoms with van der Waals surface area (Å²) in [4.78, 5) is 32.9. The molecule has 0 aliphatic carbocycles. The van der Waals surface area contributed by atoms with Crippen LogP contribution in [0.5, 0.6) is 0 Å². The number of hydrogen-bond acceptors (Lipinski definition) is 3. The fourth-order valence-corrected chi connectivity index (χ4v) is 4.02. The van der Waals surface area contributed by atoms with Gasteiger partial charge in [0.25, 0.3) is 0 Å². The van der Waals surface area contributed by atoms with E-state index in [9.17, 15) is 14.0 Å². The maximum Gasteiger partial charge on any atom is 0.243 e. The van der Waals surface area contributed by atoms with Gasteiger partial charge in [0.2, 0.25) is 11.8 Å². The average molecular weight is 482 g/mol. The molecule has 1 heterocycles. The highest BCUT2D eigenvalue weighted by Gasteiger charge is 2.30. The fraction of sp³-hybridized carbons (Fsp3) is 0.167. The Morgan fingerprint density at radius 2 is 1.36 bits per heavy atom. The van der Waals surface area contributed by atoms with E-state index in [2.05, 4.69) is 10.3 Å². The minimum absolute atomic E-state index is 0.158. The molecule has 1 N–H and O–H groups in total. The van der Waals surface area contributed by atoms with Gasteiger partial charge in [-0.25, -0.2) is 4.39 Å². The topological polar surface area (TPSA) is 62.3 Å². The lowest BCUT2D eigenvalue weighted by atomic mass is 10.0. The highest BCUT2D eigenvalue weighted by Crippen LogP contribution is 2.17. The molecule has 1 atom stereocenters. The Morgan fingerprint density at radius 3 is 2.00 bits per heavy atom. The van der Waals surface area contributed by atoms with Crippen molar-refractivity contribution >= 4 is 11.8 Å². The molecular formula is C30H28FN3O2. The minimum Gasteiger partial charge on any atom is -0.350 e. The summed E-state index contributed by atoms with van der Waals surface area (Å²) in [6.07, 6.45) is 3.86. The first-order valence-electron chi connectivity index (χ1n) is 11.9. The molecule has 2 amide bonds.